The standard InChI is InChI=1S/C25H24O4/c1-17(2)22-14-9-18(3)15-23(22)28-16-24(26)29-21-12-10-20(11-13-21)25(27)19-7-5-4-6-8-19/h4-15,17H,16H2,1-3H3. The van der Waals surface area contributed by atoms with Gasteiger partial charge in [0.2, 0.25) is 0 Å². The van der Waals surface area contributed by atoms with Crippen LogP contribution >= 0.6 is 0 Å². The highest BCUT2D eigenvalue weighted by Crippen LogP contribution is 2.27. The number of benzene rings is 3. The van der Waals surface area contributed by atoms with Gasteiger partial charge in [0, 0.05) is 11.1 Å². The average molecular weight is 388 g/mol. The zero-order chi connectivity index (χ0) is 20.8. The number of rotatable bonds is 7. The molecule has 0 aromatic heterocycles. The lowest BCUT2D eigenvalue weighted by Gasteiger charge is -2.14. The molecule has 0 atom stereocenters. The van der Waals surface area contributed by atoms with E-state index >= 15 is 0 Å². The largest absolute Gasteiger partial charge is 0.482 e. The van der Waals surface area contributed by atoms with E-state index in [1.807, 2.05) is 43.3 Å². The Morgan fingerprint density at radius 3 is 2.17 bits per heavy atom. The molecule has 0 spiro atoms. The molecule has 0 aliphatic heterocycles. The van der Waals surface area contributed by atoms with Crippen LogP contribution in [0.4, 0.5) is 0 Å². The molecule has 0 amide bonds. The molecule has 0 bridgehead atoms. The number of aryl methyl sites for hydroxylation is 1. The van der Waals surface area contributed by atoms with Gasteiger partial charge in [-0.2, -0.15) is 0 Å². The Morgan fingerprint density at radius 1 is 0.862 bits per heavy atom. The molecule has 0 aliphatic rings. The van der Waals surface area contributed by atoms with Crippen molar-refractivity contribution in [3.05, 3.63) is 95.1 Å². The van der Waals surface area contributed by atoms with Crippen LogP contribution in [0.25, 0.3) is 0 Å². The molecule has 0 heterocycles. The first-order valence-electron chi connectivity index (χ1n) is 9.58. The van der Waals surface area contributed by atoms with Gasteiger partial charge < -0.3 is 9.47 Å². The minimum Gasteiger partial charge on any atom is -0.482 e. The Labute approximate surface area is 171 Å². The molecule has 0 saturated carbocycles. The summed E-state index contributed by atoms with van der Waals surface area (Å²) in [5, 5.41) is 0. The van der Waals surface area contributed by atoms with Crippen molar-refractivity contribution >= 4 is 11.8 Å². The maximum atomic E-state index is 12.4. The van der Waals surface area contributed by atoms with E-state index in [1.54, 1.807) is 36.4 Å². The van der Waals surface area contributed by atoms with E-state index in [-0.39, 0.29) is 18.3 Å². The van der Waals surface area contributed by atoms with Crippen molar-refractivity contribution in [3.63, 3.8) is 0 Å². The van der Waals surface area contributed by atoms with Crippen LogP contribution in [-0.4, -0.2) is 18.4 Å². The van der Waals surface area contributed by atoms with Crippen molar-refractivity contribution in [3.8, 4) is 11.5 Å². The van der Waals surface area contributed by atoms with Crippen LogP contribution in [-0.2, 0) is 4.79 Å². The fourth-order valence-electron chi connectivity index (χ4n) is 2.97. The van der Waals surface area contributed by atoms with E-state index in [1.165, 1.54) is 0 Å². The zero-order valence-electron chi connectivity index (χ0n) is 16.8. The highest BCUT2D eigenvalue weighted by atomic mass is 16.6. The second-order valence-electron chi connectivity index (χ2n) is 7.18. The second-order valence-corrected chi connectivity index (χ2v) is 7.18. The van der Waals surface area contributed by atoms with Gasteiger partial charge in [0.05, 0.1) is 0 Å². The van der Waals surface area contributed by atoms with E-state index in [0.29, 0.717) is 22.6 Å². The molecule has 29 heavy (non-hydrogen) atoms. The summed E-state index contributed by atoms with van der Waals surface area (Å²) in [5.74, 6) is 0.782. The third kappa shape index (κ3) is 5.32. The van der Waals surface area contributed by atoms with E-state index < -0.39 is 5.97 Å². The molecule has 0 radical (unpaired) electrons. The van der Waals surface area contributed by atoms with Crippen molar-refractivity contribution in [1.29, 1.82) is 0 Å². The summed E-state index contributed by atoms with van der Waals surface area (Å²) >= 11 is 0. The van der Waals surface area contributed by atoms with Gasteiger partial charge >= 0.3 is 5.97 Å². The van der Waals surface area contributed by atoms with Crippen molar-refractivity contribution in [2.24, 2.45) is 0 Å². The molecule has 3 aromatic rings. The van der Waals surface area contributed by atoms with Crippen LogP contribution in [0.3, 0.4) is 0 Å². The van der Waals surface area contributed by atoms with Crippen LogP contribution in [0.5, 0.6) is 11.5 Å². The summed E-state index contributed by atoms with van der Waals surface area (Å²) in [5.41, 5.74) is 3.27. The van der Waals surface area contributed by atoms with E-state index in [9.17, 15) is 9.59 Å². The third-order valence-electron chi connectivity index (χ3n) is 4.52. The third-order valence-corrected chi connectivity index (χ3v) is 4.52. The first-order valence-corrected chi connectivity index (χ1v) is 9.58. The summed E-state index contributed by atoms with van der Waals surface area (Å²) in [6, 6.07) is 21.5. The first kappa shape index (κ1) is 20.3. The van der Waals surface area contributed by atoms with Crippen LogP contribution in [0.2, 0.25) is 0 Å². The van der Waals surface area contributed by atoms with Gasteiger partial charge in [-0.05, 0) is 54.3 Å². The minimum absolute atomic E-state index is 0.0764. The number of esters is 1. The topological polar surface area (TPSA) is 52.6 Å². The summed E-state index contributed by atoms with van der Waals surface area (Å²) < 4.78 is 11.0. The van der Waals surface area contributed by atoms with Crippen molar-refractivity contribution in [1.82, 2.24) is 0 Å². The minimum atomic E-state index is -0.497. The monoisotopic (exact) mass is 388 g/mol. The second kappa shape index (κ2) is 9.20. The van der Waals surface area contributed by atoms with Crippen LogP contribution in [0.15, 0.2) is 72.8 Å². The molecule has 148 valence electrons. The lowest BCUT2D eigenvalue weighted by Crippen LogP contribution is -2.18. The van der Waals surface area contributed by atoms with Crippen LogP contribution in [0, 0.1) is 6.92 Å². The molecule has 4 nitrogen and oxygen atoms in total. The Balaban J connectivity index is 1.60. The van der Waals surface area contributed by atoms with E-state index in [0.717, 1.165) is 11.1 Å². The Bertz CT molecular complexity index is 989. The summed E-state index contributed by atoms with van der Waals surface area (Å²) in [6.45, 7) is 5.95. The molecule has 0 saturated heterocycles. The SMILES string of the molecule is Cc1ccc(C(C)C)c(OCC(=O)Oc2ccc(C(=O)c3ccccc3)cc2)c1. The fraction of sp³-hybridized carbons (Fsp3) is 0.200. The zero-order valence-corrected chi connectivity index (χ0v) is 16.8. The van der Waals surface area contributed by atoms with Gasteiger partial charge in [0.25, 0.3) is 0 Å². The number of ketones is 1. The van der Waals surface area contributed by atoms with Crippen molar-refractivity contribution < 1.29 is 19.1 Å². The number of carbonyl (C=O) groups is 2. The smallest absolute Gasteiger partial charge is 0.349 e. The molecule has 0 unspecified atom stereocenters. The quantitative estimate of drug-likeness (QED) is 0.312. The molecular weight excluding hydrogens is 364 g/mol. The van der Waals surface area contributed by atoms with Gasteiger partial charge in [-0.15, -0.1) is 0 Å². The summed E-state index contributed by atoms with van der Waals surface area (Å²) in [4.78, 5) is 24.6. The molecular formula is C25H24O4. The maximum absolute atomic E-state index is 12.4. The summed E-state index contributed by atoms with van der Waals surface area (Å²) in [7, 11) is 0. The van der Waals surface area contributed by atoms with Crippen molar-refractivity contribution in [2.45, 2.75) is 26.7 Å². The van der Waals surface area contributed by atoms with Crippen LogP contribution in [0.1, 0.15) is 46.8 Å². The average Bonchev–Trinajstić information content (AvgIpc) is 2.73. The molecule has 0 aliphatic carbocycles. The van der Waals surface area contributed by atoms with Crippen LogP contribution < -0.4 is 9.47 Å². The highest BCUT2D eigenvalue weighted by Gasteiger charge is 2.13. The number of hydrogen-bond donors (Lipinski definition) is 0. The number of ether oxygens (including phenoxy) is 2. The summed E-state index contributed by atoms with van der Waals surface area (Å²) in [6.07, 6.45) is 0. The molecule has 3 aromatic carbocycles. The maximum Gasteiger partial charge on any atom is 0.349 e. The predicted molar refractivity (Wildman–Crippen MR) is 113 cm³/mol. The van der Waals surface area contributed by atoms with E-state index in [4.69, 9.17) is 9.47 Å². The lowest BCUT2D eigenvalue weighted by molar-refractivity contribution is -0.136. The van der Waals surface area contributed by atoms with Gasteiger partial charge in [0.15, 0.2) is 12.4 Å². The molecule has 0 N–H and O–H groups in total. The normalized spacial score (nSPS) is 10.6. The van der Waals surface area contributed by atoms with Gasteiger partial charge in [-0.25, -0.2) is 4.79 Å². The fourth-order valence-corrected chi connectivity index (χ4v) is 2.97. The molecule has 4 heteroatoms. The highest BCUT2D eigenvalue weighted by molar-refractivity contribution is 6.09. The molecule has 0 fully saturated rings. The van der Waals surface area contributed by atoms with Gasteiger partial charge in [-0.3, -0.25) is 4.79 Å². The predicted octanol–water partition coefficient (Wildman–Crippen LogP) is 5.33. The number of carbonyl (C=O) groups excluding carboxylic acids is 2. The lowest BCUT2D eigenvalue weighted by atomic mass is 10.0. The van der Waals surface area contributed by atoms with Gasteiger partial charge in [-0.1, -0.05) is 56.3 Å². The molecule has 3 rings (SSSR count). The number of hydrogen-bond acceptors (Lipinski definition) is 4. The van der Waals surface area contributed by atoms with Gasteiger partial charge in [0.1, 0.15) is 11.5 Å². The Kier molecular flexibility index (Phi) is 6.45. The van der Waals surface area contributed by atoms with E-state index in [2.05, 4.69) is 13.8 Å². The first-order chi connectivity index (χ1) is 13.9. The van der Waals surface area contributed by atoms with Crippen molar-refractivity contribution in [2.75, 3.05) is 6.61 Å². The Hall–Kier alpha value is -3.40. The Morgan fingerprint density at radius 2 is 1.52 bits per heavy atom.